The molecule has 1 aliphatic rings. The molecule has 9 aromatic rings. The molecule has 0 bridgehead atoms. The molecule has 0 atom stereocenters. The third-order valence-corrected chi connectivity index (χ3v) is 10.2. The van der Waals surface area contributed by atoms with Crippen molar-refractivity contribution in [1.29, 1.82) is 0 Å². The summed E-state index contributed by atoms with van der Waals surface area (Å²) in [6.45, 7) is 0.690. The van der Waals surface area contributed by atoms with Crippen LogP contribution in [0.4, 0.5) is 22.7 Å². The highest BCUT2D eigenvalue weighted by molar-refractivity contribution is 6.11. The van der Waals surface area contributed by atoms with Crippen molar-refractivity contribution in [3.05, 3.63) is 217 Å². The molecule has 6 nitrogen and oxygen atoms in total. The number of aromatic nitrogens is 4. The number of anilines is 4. The van der Waals surface area contributed by atoms with Crippen molar-refractivity contribution in [3.8, 4) is 5.82 Å². The highest BCUT2D eigenvalue weighted by Crippen LogP contribution is 2.45. The number of fused-ring (bicyclic) bond motifs is 4. The van der Waals surface area contributed by atoms with Crippen molar-refractivity contribution in [2.45, 2.75) is 0 Å². The minimum atomic E-state index is 0.663. The summed E-state index contributed by atoms with van der Waals surface area (Å²) in [5.74, 6) is 1.54. The monoisotopic (exact) mass is 694 g/mol. The first-order valence-electron chi connectivity index (χ1n) is 18.1. The van der Waals surface area contributed by atoms with Gasteiger partial charge in [-0.3, -0.25) is 4.57 Å². The Morgan fingerprint density at radius 2 is 1.02 bits per heavy atom. The van der Waals surface area contributed by atoms with Gasteiger partial charge in [0.1, 0.15) is 12.5 Å². The first-order chi connectivity index (χ1) is 26.8. The minimum Gasteiger partial charge on any atom is -0.321 e. The van der Waals surface area contributed by atoms with Crippen molar-refractivity contribution in [3.63, 3.8) is 0 Å². The van der Waals surface area contributed by atoms with Crippen LogP contribution in [0.1, 0.15) is 22.5 Å². The molecule has 0 N–H and O–H groups in total. The Bertz CT molecular complexity index is 2750. The van der Waals surface area contributed by atoms with Gasteiger partial charge in [0.05, 0.1) is 22.4 Å². The van der Waals surface area contributed by atoms with Crippen LogP contribution in [-0.2, 0) is 0 Å². The Balaban J connectivity index is 1.22. The summed E-state index contributed by atoms with van der Waals surface area (Å²) in [6, 6.07) is 61.9. The molecular weight excluding hydrogens is 661 g/mol. The van der Waals surface area contributed by atoms with Gasteiger partial charge in [0.15, 0.2) is 5.82 Å². The smallest absolute Gasteiger partial charge is 0.160 e. The van der Waals surface area contributed by atoms with Gasteiger partial charge in [-0.1, -0.05) is 109 Å². The Morgan fingerprint density at radius 1 is 0.407 bits per heavy atom. The molecule has 0 spiro atoms. The van der Waals surface area contributed by atoms with Gasteiger partial charge in [-0.2, -0.15) is 0 Å². The van der Waals surface area contributed by atoms with Gasteiger partial charge in [0, 0.05) is 51.9 Å². The summed E-state index contributed by atoms with van der Waals surface area (Å²) in [7, 11) is 0. The van der Waals surface area contributed by atoms with Gasteiger partial charge in [0.25, 0.3) is 0 Å². The molecule has 4 heterocycles. The number of pyridine rings is 1. The lowest BCUT2D eigenvalue weighted by molar-refractivity contribution is 0.991. The highest BCUT2D eigenvalue weighted by atomic mass is 15.4. The third-order valence-electron chi connectivity index (χ3n) is 10.2. The molecule has 0 saturated heterocycles. The van der Waals surface area contributed by atoms with Crippen LogP contribution in [0.15, 0.2) is 195 Å². The van der Waals surface area contributed by atoms with E-state index in [1.807, 2.05) is 42.9 Å². The van der Waals surface area contributed by atoms with Crippen LogP contribution in [0.25, 0.3) is 38.8 Å². The molecule has 54 heavy (non-hydrogen) atoms. The van der Waals surface area contributed by atoms with E-state index in [9.17, 15) is 0 Å². The SMILES string of the molecule is c1ccc(/C(=C(\c2cccc(N3CN(c4ccccc4)c4ccccc43)c2)c2ccc3c4ccccc4n(-c4ccccn4)c3c2)c2ncccn2)cc1. The molecular formula is C48H34N6. The van der Waals surface area contributed by atoms with Crippen LogP contribution in [0.3, 0.4) is 0 Å². The zero-order valence-corrected chi connectivity index (χ0v) is 29.4. The van der Waals surface area contributed by atoms with E-state index in [0.717, 1.165) is 56.1 Å². The Hall–Kier alpha value is -7.31. The second-order valence-electron chi connectivity index (χ2n) is 13.3. The lowest BCUT2D eigenvalue weighted by Crippen LogP contribution is -2.23. The molecule has 1 aliphatic heterocycles. The quantitative estimate of drug-likeness (QED) is 0.155. The maximum Gasteiger partial charge on any atom is 0.160 e. The molecule has 0 unspecified atom stereocenters. The molecule has 0 aliphatic carbocycles. The van der Waals surface area contributed by atoms with E-state index in [1.54, 1.807) is 0 Å². The summed E-state index contributed by atoms with van der Waals surface area (Å²) in [5.41, 5.74) is 12.0. The van der Waals surface area contributed by atoms with Gasteiger partial charge in [-0.25, -0.2) is 15.0 Å². The van der Waals surface area contributed by atoms with E-state index >= 15 is 0 Å². The van der Waals surface area contributed by atoms with Crippen molar-refractivity contribution < 1.29 is 0 Å². The van der Waals surface area contributed by atoms with E-state index in [4.69, 9.17) is 15.0 Å². The zero-order valence-electron chi connectivity index (χ0n) is 29.4. The number of rotatable bonds is 7. The minimum absolute atomic E-state index is 0.663. The van der Waals surface area contributed by atoms with Crippen molar-refractivity contribution in [2.24, 2.45) is 0 Å². The standard InChI is InChI=1S/C48H34N6/c1-3-15-34(16-4-1)47(48-50-29-14-30-51-48)46(36-26-27-40-39-21-7-8-22-41(39)54(44(40)32-36)45-25-11-12-28-49-45)35-17-13-20-38(31-35)53-33-52(37-18-5-2-6-19-37)42-23-9-10-24-43(42)53/h1-32H,33H2/b47-46-. The summed E-state index contributed by atoms with van der Waals surface area (Å²) in [6.07, 6.45) is 5.49. The predicted molar refractivity (Wildman–Crippen MR) is 221 cm³/mol. The summed E-state index contributed by atoms with van der Waals surface area (Å²) in [5, 5.41) is 2.35. The van der Waals surface area contributed by atoms with Crippen LogP contribution in [0, 0.1) is 0 Å². The first kappa shape index (κ1) is 31.4. The lowest BCUT2D eigenvalue weighted by atomic mass is 9.88. The number of nitrogens with zero attached hydrogens (tertiary/aromatic N) is 6. The molecule has 0 amide bonds. The first-order valence-corrected chi connectivity index (χ1v) is 18.1. The summed E-state index contributed by atoms with van der Waals surface area (Å²) >= 11 is 0. The average Bonchev–Trinajstić information content (AvgIpc) is 3.80. The highest BCUT2D eigenvalue weighted by Gasteiger charge is 2.28. The van der Waals surface area contributed by atoms with E-state index in [-0.39, 0.29) is 0 Å². The second kappa shape index (κ2) is 13.3. The van der Waals surface area contributed by atoms with Gasteiger partial charge >= 0.3 is 0 Å². The molecule has 0 saturated carbocycles. The fraction of sp³-hybridized carbons (Fsp3) is 0.0208. The Morgan fingerprint density at radius 3 is 1.80 bits per heavy atom. The van der Waals surface area contributed by atoms with Crippen molar-refractivity contribution in [1.82, 2.24) is 19.5 Å². The molecule has 0 radical (unpaired) electrons. The Kier molecular flexibility index (Phi) is 7.77. The Labute approximate surface area is 313 Å². The maximum atomic E-state index is 4.86. The number of para-hydroxylation sites is 4. The molecule has 6 aromatic carbocycles. The van der Waals surface area contributed by atoms with Crippen LogP contribution >= 0.6 is 0 Å². The normalized spacial score (nSPS) is 13.0. The van der Waals surface area contributed by atoms with E-state index in [2.05, 4.69) is 166 Å². The molecule has 10 rings (SSSR count). The largest absolute Gasteiger partial charge is 0.321 e. The van der Waals surface area contributed by atoms with E-state index in [1.165, 1.54) is 22.1 Å². The fourth-order valence-electron chi connectivity index (χ4n) is 7.83. The second-order valence-corrected chi connectivity index (χ2v) is 13.3. The molecule has 3 aromatic heterocycles. The van der Waals surface area contributed by atoms with Crippen LogP contribution in [0.5, 0.6) is 0 Å². The zero-order chi connectivity index (χ0) is 35.8. The fourth-order valence-corrected chi connectivity index (χ4v) is 7.83. The summed E-state index contributed by atoms with van der Waals surface area (Å²) < 4.78 is 2.27. The van der Waals surface area contributed by atoms with Gasteiger partial charge in [-0.05, 0) is 83.4 Å². The predicted octanol–water partition coefficient (Wildman–Crippen LogP) is 11.2. The van der Waals surface area contributed by atoms with Crippen LogP contribution in [-0.4, -0.2) is 26.2 Å². The van der Waals surface area contributed by atoms with Crippen LogP contribution in [0.2, 0.25) is 0 Å². The van der Waals surface area contributed by atoms with Crippen molar-refractivity contribution >= 4 is 55.7 Å². The van der Waals surface area contributed by atoms with Gasteiger partial charge < -0.3 is 9.80 Å². The van der Waals surface area contributed by atoms with Gasteiger partial charge in [0.2, 0.25) is 0 Å². The molecule has 6 heteroatoms. The number of hydrogen-bond acceptors (Lipinski definition) is 5. The van der Waals surface area contributed by atoms with E-state index in [0.29, 0.717) is 12.5 Å². The van der Waals surface area contributed by atoms with Crippen molar-refractivity contribution in [2.75, 3.05) is 16.5 Å². The third kappa shape index (κ3) is 5.40. The number of benzene rings is 6. The topological polar surface area (TPSA) is 50.1 Å². The average molecular weight is 695 g/mol. The van der Waals surface area contributed by atoms with Crippen LogP contribution < -0.4 is 9.80 Å². The molecule has 0 fully saturated rings. The summed E-state index contributed by atoms with van der Waals surface area (Å²) in [4.78, 5) is 19.3. The van der Waals surface area contributed by atoms with Gasteiger partial charge in [-0.15, -0.1) is 0 Å². The molecule has 256 valence electrons. The number of hydrogen-bond donors (Lipinski definition) is 0. The van der Waals surface area contributed by atoms with E-state index < -0.39 is 0 Å². The maximum absolute atomic E-state index is 4.86. The lowest BCUT2D eigenvalue weighted by Gasteiger charge is -2.23.